The van der Waals surface area contributed by atoms with Crippen LogP contribution in [0.15, 0.2) is 36.4 Å². The highest BCUT2D eigenvalue weighted by Gasteiger charge is 2.27. The molecule has 0 fully saturated rings. The average Bonchev–Trinajstić information content (AvgIpc) is 3.57. The molecule has 1 heterocycles. The van der Waals surface area contributed by atoms with E-state index in [2.05, 4.69) is 21.3 Å². The largest absolute Gasteiger partial charge is 0.392 e. The zero-order valence-corrected chi connectivity index (χ0v) is 35.7. The van der Waals surface area contributed by atoms with Crippen LogP contribution in [0.25, 0.3) is 0 Å². The number of rotatable bonds is 37. The molecule has 0 saturated heterocycles. The predicted octanol–water partition coefficient (Wildman–Crippen LogP) is -0.283. The van der Waals surface area contributed by atoms with E-state index < -0.39 is 35.7 Å². The highest BCUT2D eigenvalue weighted by Crippen LogP contribution is 2.10. The van der Waals surface area contributed by atoms with Gasteiger partial charge in [-0.2, -0.15) is 0 Å². The Morgan fingerprint density at radius 3 is 1.46 bits per heavy atom. The Labute approximate surface area is 357 Å². The van der Waals surface area contributed by atoms with Crippen molar-refractivity contribution in [2.45, 2.75) is 52.3 Å². The summed E-state index contributed by atoms with van der Waals surface area (Å²) in [5.41, 5.74) is 1.24. The van der Waals surface area contributed by atoms with Crippen molar-refractivity contribution in [2.24, 2.45) is 5.92 Å². The van der Waals surface area contributed by atoms with Gasteiger partial charge >= 0.3 is 0 Å². The second-order valence-electron chi connectivity index (χ2n) is 13.8. The van der Waals surface area contributed by atoms with E-state index in [0.29, 0.717) is 110 Å². The van der Waals surface area contributed by atoms with Crippen molar-refractivity contribution in [3.63, 3.8) is 0 Å². The van der Waals surface area contributed by atoms with Gasteiger partial charge in [0, 0.05) is 43.8 Å². The summed E-state index contributed by atoms with van der Waals surface area (Å²) in [6.45, 7) is 11.4. The Hall–Kier alpha value is -4.38. The fraction of sp³-hybridized carbons (Fsp3) is 0.659. The number of nitrogens with zero attached hydrogens (tertiary/aromatic N) is 1. The maximum Gasteiger partial charge on any atom is 0.253 e. The third-order valence-electron chi connectivity index (χ3n) is 8.53. The van der Waals surface area contributed by atoms with Gasteiger partial charge in [-0.1, -0.05) is 26.0 Å². The van der Waals surface area contributed by atoms with Gasteiger partial charge in [-0.3, -0.25) is 33.7 Å². The molecule has 2 atom stereocenters. The monoisotopic (exact) mass is 867 g/mol. The summed E-state index contributed by atoms with van der Waals surface area (Å²) in [5.74, 6) is -2.54. The van der Waals surface area contributed by atoms with Gasteiger partial charge in [-0.05, 0) is 30.5 Å². The van der Waals surface area contributed by atoms with Crippen molar-refractivity contribution in [1.29, 1.82) is 0 Å². The van der Waals surface area contributed by atoms with E-state index in [4.69, 9.17) is 43.0 Å². The van der Waals surface area contributed by atoms with Crippen LogP contribution in [0.1, 0.15) is 39.2 Å². The predicted molar refractivity (Wildman–Crippen MR) is 220 cm³/mol. The summed E-state index contributed by atoms with van der Waals surface area (Å²) in [5, 5.41) is 19.9. The molecule has 0 radical (unpaired) electrons. The lowest BCUT2D eigenvalue weighted by atomic mass is 10.0. The van der Waals surface area contributed by atoms with Gasteiger partial charge in [0.05, 0.1) is 112 Å². The molecule has 1 aliphatic rings. The first-order valence-electron chi connectivity index (χ1n) is 20.5. The van der Waals surface area contributed by atoms with Crippen molar-refractivity contribution < 1.29 is 71.8 Å². The van der Waals surface area contributed by atoms with Crippen LogP contribution >= 0.6 is 0 Å². The number of aliphatic hydroxyl groups excluding tert-OH is 1. The molecule has 344 valence electrons. The fourth-order valence-electron chi connectivity index (χ4n) is 5.12. The lowest BCUT2D eigenvalue weighted by molar-refractivity contribution is -0.137. The van der Waals surface area contributed by atoms with Gasteiger partial charge in [-0.15, -0.1) is 0 Å². The lowest BCUT2D eigenvalue weighted by Crippen LogP contribution is -2.53. The summed E-state index contributed by atoms with van der Waals surface area (Å²) in [4.78, 5) is 73.7. The summed E-state index contributed by atoms with van der Waals surface area (Å²) in [6.07, 6.45) is 2.46. The molecule has 0 aromatic heterocycles. The Kier molecular flexibility index (Phi) is 28.8. The first-order valence-corrected chi connectivity index (χ1v) is 20.5. The minimum atomic E-state index is -0.848. The normalized spacial score (nSPS) is 13.4. The maximum absolute atomic E-state index is 12.9. The van der Waals surface area contributed by atoms with Crippen LogP contribution in [0, 0.1) is 5.92 Å². The molecular formula is C41H65N5O15. The minimum Gasteiger partial charge on any atom is -0.392 e. The smallest absolute Gasteiger partial charge is 0.253 e. The Bertz CT molecular complexity index is 1450. The van der Waals surface area contributed by atoms with Crippen molar-refractivity contribution in [3.8, 4) is 0 Å². The molecule has 20 nitrogen and oxygen atoms in total. The zero-order valence-electron chi connectivity index (χ0n) is 35.7. The second kappa shape index (κ2) is 33.3. The van der Waals surface area contributed by atoms with Crippen LogP contribution in [0.5, 0.6) is 0 Å². The fourth-order valence-corrected chi connectivity index (χ4v) is 5.12. The second-order valence-corrected chi connectivity index (χ2v) is 13.8. The van der Waals surface area contributed by atoms with E-state index in [1.165, 1.54) is 12.2 Å². The van der Waals surface area contributed by atoms with E-state index >= 15 is 0 Å². The molecular weight excluding hydrogens is 802 g/mol. The summed E-state index contributed by atoms with van der Waals surface area (Å²) < 4.78 is 43.7. The quantitative estimate of drug-likeness (QED) is 0.0426. The average molecular weight is 868 g/mol. The van der Waals surface area contributed by atoms with Gasteiger partial charge in [0.15, 0.2) is 0 Å². The first kappa shape index (κ1) is 52.8. The number of amides is 6. The van der Waals surface area contributed by atoms with E-state index in [1.807, 2.05) is 0 Å². The molecule has 0 spiro atoms. The standard InChI is InChI=1S/C41H65N5O15/c1-31(2)39(41(53)43-32(3)40(52)44-34-6-4-33(30-47)5-7-34)45-36(49)11-14-54-16-18-56-20-22-58-24-26-60-28-29-61-27-25-59-23-21-57-19-17-55-15-12-42-35(48)10-13-46-37(50)8-9-38(46)51/h4-9,31-32,39,47H,10-30H2,1-3H3,(H,42,48)(H,43,53)(H,44,52)(H,45,49)/t32-,39?/m0/s1. The number of aliphatic hydroxyl groups is 1. The molecule has 5 N–H and O–H groups in total. The Balaban J connectivity index is 1.29. The molecule has 1 aliphatic heterocycles. The van der Waals surface area contributed by atoms with Crippen LogP contribution in [0.3, 0.4) is 0 Å². The molecule has 61 heavy (non-hydrogen) atoms. The van der Waals surface area contributed by atoms with Crippen LogP contribution in [-0.4, -0.2) is 176 Å². The van der Waals surface area contributed by atoms with Crippen LogP contribution < -0.4 is 21.3 Å². The minimum absolute atomic E-state index is 0.0374. The highest BCUT2D eigenvalue weighted by molar-refractivity contribution is 6.13. The van der Waals surface area contributed by atoms with Crippen LogP contribution in [0.4, 0.5) is 5.69 Å². The molecule has 1 unspecified atom stereocenters. The maximum atomic E-state index is 12.9. The Morgan fingerprint density at radius 2 is 1.02 bits per heavy atom. The van der Waals surface area contributed by atoms with E-state index in [0.717, 1.165) is 4.90 Å². The van der Waals surface area contributed by atoms with E-state index in [9.17, 15) is 28.8 Å². The van der Waals surface area contributed by atoms with Crippen molar-refractivity contribution >= 4 is 41.1 Å². The van der Waals surface area contributed by atoms with Crippen molar-refractivity contribution in [1.82, 2.24) is 20.9 Å². The highest BCUT2D eigenvalue weighted by atomic mass is 16.6. The van der Waals surface area contributed by atoms with Gasteiger partial charge < -0.3 is 64.3 Å². The van der Waals surface area contributed by atoms with Crippen LogP contribution in [-0.2, 0) is 73.3 Å². The lowest BCUT2D eigenvalue weighted by Gasteiger charge is -2.24. The van der Waals surface area contributed by atoms with Crippen LogP contribution in [0.2, 0.25) is 0 Å². The van der Waals surface area contributed by atoms with E-state index in [1.54, 1.807) is 45.0 Å². The summed E-state index contributed by atoms with van der Waals surface area (Å²) >= 11 is 0. The summed E-state index contributed by atoms with van der Waals surface area (Å²) in [7, 11) is 0. The Morgan fingerprint density at radius 1 is 0.574 bits per heavy atom. The summed E-state index contributed by atoms with van der Waals surface area (Å²) in [6, 6.07) is 5.01. The number of carbonyl (C=O) groups is 6. The van der Waals surface area contributed by atoms with Gasteiger partial charge in [-0.25, -0.2) is 0 Å². The molecule has 2 rings (SSSR count). The number of nitrogens with one attached hydrogen (secondary N) is 4. The molecule has 20 heteroatoms. The number of ether oxygens (including phenoxy) is 8. The molecule has 0 aliphatic carbocycles. The molecule has 1 aromatic carbocycles. The number of hydrogen-bond acceptors (Lipinski definition) is 15. The molecule has 1 aromatic rings. The number of hydrogen-bond donors (Lipinski definition) is 5. The number of anilines is 1. The first-order chi connectivity index (χ1) is 29.5. The van der Waals surface area contributed by atoms with E-state index in [-0.39, 0.29) is 56.9 Å². The third kappa shape index (κ3) is 25.2. The molecule has 0 bridgehead atoms. The van der Waals surface area contributed by atoms with Crippen molar-refractivity contribution in [2.75, 3.05) is 124 Å². The third-order valence-corrected chi connectivity index (χ3v) is 8.53. The van der Waals surface area contributed by atoms with Gasteiger partial charge in [0.2, 0.25) is 23.6 Å². The van der Waals surface area contributed by atoms with Crippen molar-refractivity contribution in [3.05, 3.63) is 42.0 Å². The SMILES string of the molecule is CC(C)C(NC(=O)CCOCCOCCOCCOCCOCCOCCOCCOCCNC(=O)CCN1C(=O)C=CC1=O)C(=O)N[C@@H](C)C(=O)Nc1ccc(CO)cc1. The number of benzene rings is 1. The molecule has 0 saturated carbocycles. The number of imide groups is 1. The number of carbonyl (C=O) groups excluding carboxylic acids is 6. The zero-order chi connectivity index (χ0) is 44.5. The molecule has 6 amide bonds. The van der Waals surface area contributed by atoms with Gasteiger partial charge in [0.1, 0.15) is 12.1 Å². The van der Waals surface area contributed by atoms with Gasteiger partial charge in [0.25, 0.3) is 11.8 Å². The topological polar surface area (TPSA) is 248 Å².